The van der Waals surface area contributed by atoms with E-state index in [0.29, 0.717) is 4.88 Å². The molecule has 2 heterocycles. The Balaban J connectivity index is 1.68. The van der Waals surface area contributed by atoms with E-state index in [0.717, 1.165) is 47.0 Å². The van der Waals surface area contributed by atoms with Gasteiger partial charge in [0.05, 0.1) is 28.6 Å². The van der Waals surface area contributed by atoms with Crippen LogP contribution in [-0.2, 0) is 6.42 Å². The first-order valence-electron chi connectivity index (χ1n) is 8.96. The Kier molecular flexibility index (Phi) is 5.83. The zero-order valence-corrected chi connectivity index (χ0v) is 16.2. The Morgan fingerprint density at radius 2 is 2.08 bits per heavy atom. The first-order chi connectivity index (χ1) is 12.6. The van der Waals surface area contributed by atoms with Crippen molar-refractivity contribution in [3.8, 4) is 11.3 Å². The van der Waals surface area contributed by atoms with Crippen molar-refractivity contribution >= 4 is 17.2 Å². The number of unbranched alkanes of at least 4 members (excludes halogenated alkanes) is 1. The van der Waals surface area contributed by atoms with E-state index in [1.807, 2.05) is 44.2 Å². The summed E-state index contributed by atoms with van der Waals surface area (Å²) in [7, 11) is 0. The van der Waals surface area contributed by atoms with E-state index in [9.17, 15) is 4.79 Å². The number of carbonyl (C=O) groups is 1. The third-order valence-corrected chi connectivity index (χ3v) is 5.45. The van der Waals surface area contributed by atoms with Gasteiger partial charge in [-0.2, -0.15) is 0 Å². The van der Waals surface area contributed by atoms with Crippen LogP contribution in [0.3, 0.4) is 0 Å². The van der Waals surface area contributed by atoms with Gasteiger partial charge in [-0.15, -0.1) is 11.3 Å². The van der Waals surface area contributed by atoms with Crippen LogP contribution in [0.1, 0.15) is 58.9 Å². The van der Waals surface area contributed by atoms with E-state index in [1.54, 1.807) is 6.20 Å². The quantitative estimate of drug-likeness (QED) is 0.636. The molecule has 0 aliphatic carbocycles. The Morgan fingerprint density at radius 3 is 2.81 bits per heavy atom. The first kappa shape index (κ1) is 18.3. The van der Waals surface area contributed by atoms with Gasteiger partial charge >= 0.3 is 0 Å². The second kappa shape index (κ2) is 8.27. The lowest BCUT2D eigenvalue weighted by Gasteiger charge is -2.10. The van der Waals surface area contributed by atoms with Gasteiger partial charge in [-0.1, -0.05) is 43.7 Å². The number of hydrogen-bond donors (Lipinski definition) is 2. The van der Waals surface area contributed by atoms with Gasteiger partial charge in [-0.3, -0.25) is 4.79 Å². The Hall–Kier alpha value is -2.47. The fourth-order valence-electron chi connectivity index (χ4n) is 2.75. The van der Waals surface area contributed by atoms with Gasteiger partial charge in [0.1, 0.15) is 10.7 Å². The van der Waals surface area contributed by atoms with Gasteiger partial charge < -0.3 is 10.3 Å². The zero-order valence-electron chi connectivity index (χ0n) is 15.4. The smallest absolute Gasteiger partial charge is 0.263 e. The predicted molar refractivity (Wildman–Crippen MR) is 105 cm³/mol. The molecule has 0 saturated carbocycles. The molecule has 0 aliphatic heterocycles. The normalized spacial score (nSPS) is 12.1. The van der Waals surface area contributed by atoms with Crippen LogP contribution in [0.15, 0.2) is 36.5 Å². The highest BCUT2D eigenvalue weighted by Gasteiger charge is 2.19. The molecule has 26 heavy (non-hydrogen) atoms. The number of nitrogens with zero attached hydrogens (tertiary/aromatic N) is 2. The molecule has 136 valence electrons. The van der Waals surface area contributed by atoms with Crippen LogP contribution in [0.25, 0.3) is 11.3 Å². The van der Waals surface area contributed by atoms with Gasteiger partial charge in [0.25, 0.3) is 5.91 Å². The number of aryl methyl sites for hydroxylation is 2. The van der Waals surface area contributed by atoms with Crippen LogP contribution in [0, 0.1) is 6.92 Å². The molecule has 0 aliphatic rings. The van der Waals surface area contributed by atoms with Crippen LogP contribution >= 0.6 is 11.3 Å². The summed E-state index contributed by atoms with van der Waals surface area (Å²) in [6, 6.07) is 9.81. The van der Waals surface area contributed by atoms with E-state index in [-0.39, 0.29) is 11.9 Å². The number of benzene rings is 1. The maximum Gasteiger partial charge on any atom is 0.263 e. The van der Waals surface area contributed by atoms with E-state index >= 15 is 0 Å². The number of thiazole rings is 1. The minimum Gasteiger partial charge on any atom is -0.342 e. The van der Waals surface area contributed by atoms with Gasteiger partial charge in [0.2, 0.25) is 0 Å². The average molecular weight is 369 g/mol. The number of carbonyl (C=O) groups excluding carboxylic acids is 1. The maximum absolute atomic E-state index is 12.6. The molecular formula is C20H24N4OS. The molecule has 3 aromatic rings. The highest BCUT2D eigenvalue weighted by atomic mass is 32.1. The molecule has 1 amide bonds. The summed E-state index contributed by atoms with van der Waals surface area (Å²) >= 11 is 1.49. The molecular weight excluding hydrogens is 344 g/mol. The van der Waals surface area contributed by atoms with E-state index in [2.05, 4.69) is 27.2 Å². The number of rotatable bonds is 7. The molecule has 3 rings (SSSR count). The molecule has 0 saturated heterocycles. The Labute approximate surface area is 157 Å². The number of aromatic amines is 1. The summed E-state index contributed by atoms with van der Waals surface area (Å²) in [6.07, 6.45) is 4.95. The van der Waals surface area contributed by atoms with Crippen LogP contribution < -0.4 is 5.32 Å². The molecule has 0 fully saturated rings. The molecule has 1 atom stereocenters. The maximum atomic E-state index is 12.6. The van der Waals surface area contributed by atoms with Crippen molar-refractivity contribution < 1.29 is 4.79 Å². The standard InChI is InChI=1S/C20H24N4OS/c1-4-5-11-17-22-13(2)18(26-17)20(25)23-14(3)19-21-12-16(24-19)15-9-7-6-8-10-15/h6-10,12,14H,4-5,11H2,1-3H3,(H,21,24)(H,23,25)/t14-/m1/s1. The van der Waals surface area contributed by atoms with Gasteiger partial charge in [-0.25, -0.2) is 9.97 Å². The highest BCUT2D eigenvalue weighted by molar-refractivity contribution is 7.13. The number of amides is 1. The van der Waals surface area contributed by atoms with Crippen molar-refractivity contribution in [2.45, 2.75) is 46.1 Å². The number of H-pyrrole nitrogens is 1. The SMILES string of the molecule is CCCCc1nc(C)c(C(=O)N[C@H](C)c2ncc(-c3ccccc3)[nH]2)s1. The van der Waals surface area contributed by atoms with Crippen molar-refractivity contribution in [3.05, 3.63) is 57.9 Å². The Bertz CT molecular complexity index is 869. The van der Waals surface area contributed by atoms with Crippen molar-refractivity contribution in [3.63, 3.8) is 0 Å². The highest BCUT2D eigenvalue weighted by Crippen LogP contribution is 2.22. The largest absolute Gasteiger partial charge is 0.342 e. The summed E-state index contributed by atoms with van der Waals surface area (Å²) in [5, 5.41) is 4.06. The third-order valence-electron chi connectivity index (χ3n) is 4.23. The van der Waals surface area contributed by atoms with Gasteiger partial charge in [-0.05, 0) is 32.3 Å². The molecule has 1 aromatic carbocycles. The van der Waals surface area contributed by atoms with Crippen molar-refractivity contribution in [2.24, 2.45) is 0 Å². The fourth-order valence-corrected chi connectivity index (χ4v) is 3.76. The molecule has 2 N–H and O–H groups in total. The minimum atomic E-state index is -0.208. The van der Waals surface area contributed by atoms with Crippen LogP contribution in [0.5, 0.6) is 0 Å². The number of imidazole rings is 1. The summed E-state index contributed by atoms with van der Waals surface area (Å²) in [4.78, 5) is 25.6. The number of nitrogens with one attached hydrogen (secondary N) is 2. The molecule has 2 aromatic heterocycles. The van der Waals surface area contributed by atoms with Crippen LogP contribution in [0.4, 0.5) is 0 Å². The summed E-state index contributed by atoms with van der Waals surface area (Å²) in [6.45, 7) is 5.98. The second-order valence-electron chi connectivity index (χ2n) is 6.37. The Morgan fingerprint density at radius 1 is 1.31 bits per heavy atom. The van der Waals surface area contributed by atoms with E-state index in [4.69, 9.17) is 0 Å². The monoisotopic (exact) mass is 368 g/mol. The van der Waals surface area contributed by atoms with Crippen molar-refractivity contribution in [2.75, 3.05) is 0 Å². The van der Waals surface area contributed by atoms with Gasteiger partial charge in [0.15, 0.2) is 0 Å². The molecule has 6 heteroatoms. The zero-order chi connectivity index (χ0) is 18.5. The fraction of sp³-hybridized carbons (Fsp3) is 0.350. The first-order valence-corrected chi connectivity index (χ1v) is 9.77. The second-order valence-corrected chi connectivity index (χ2v) is 7.45. The molecule has 5 nitrogen and oxygen atoms in total. The van der Waals surface area contributed by atoms with E-state index in [1.165, 1.54) is 11.3 Å². The summed E-state index contributed by atoms with van der Waals surface area (Å²) in [5.41, 5.74) is 2.82. The van der Waals surface area contributed by atoms with Crippen molar-refractivity contribution in [1.82, 2.24) is 20.3 Å². The summed E-state index contributed by atoms with van der Waals surface area (Å²) < 4.78 is 0. The minimum absolute atomic E-state index is 0.0899. The molecule has 0 radical (unpaired) electrons. The summed E-state index contributed by atoms with van der Waals surface area (Å²) in [5.74, 6) is 0.651. The average Bonchev–Trinajstić information content (AvgIpc) is 3.27. The number of hydrogen-bond acceptors (Lipinski definition) is 4. The van der Waals surface area contributed by atoms with Gasteiger partial charge in [0, 0.05) is 0 Å². The lowest BCUT2D eigenvalue weighted by Crippen LogP contribution is -2.27. The molecule has 0 spiro atoms. The molecule has 0 unspecified atom stereocenters. The van der Waals surface area contributed by atoms with Crippen LogP contribution in [-0.4, -0.2) is 20.9 Å². The van der Waals surface area contributed by atoms with Crippen molar-refractivity contribution in [1.29, 1.82) is 0 Å². The predicted octanol–water partition coefficient (Wildman–Crippen LogP) is 4.68. The van der Waals surface area contributed by atoms with E-state index < -0.39 is 0 Å². The lowest BCUT2D eigenvalue weighted by atomic mass is 10.2. The lowest BCUT2D eigenvalue weighted by molar-refractivity contribution is 0.0941. The topological polar surface area (TPSA) is 70.7 Å². The number of aromatic nitrogens is 3. The van der Waals surface area contributed by atoms with Crippen LogP contribution in [0.2, 0.25) is 0 Å². The molecule has 0 bridgehead atoms. The third kappa shape index (κ3) is 4.19.